The molecule has 0 aromatic heterocycles. The summed E-state index contributed by atoms with van der Waals surface area (Å²) in [5.41, 5.74) is -1.48. The van der Waals surface area contributed by atoms with E-state index in [0.29, 0.717) is 13.1 Å². The van der Waals surface area contributed by atoms with Crippen molar-refractivity contribution in [1.29, 1.82) is 0 Å². The predicted octanol–water partition coefficient (Wildman–Crippen LogP) is 2.99. The minimum absolute atomic E-state index is 0.476. The lowest BCUT2D eigenvalue weighted by Crippen LogP contribution is -2.33. The lowest BCUT2D eigenvalue weighted by molar-refractivity contribution is -0.0328. The lowest BCUT2D eigenvalue weighted by atomic mass is 10.2. The van der Waals surface area contributed by atoms with E-state index in [0.717, 1.165) is 0 Å². The minimum atomic E-state index is -3.88. The zero-order chi connectivity index (χ0) is 18.3. The highest BCUT2D eigenvalue weighted by molar-refractivity contribution is 7.48. The molecule has 1 amide bonds. The number of nitrogens with one attached hydrogen (secondary N) is 1. The third-order valence-corrected chi connectivity index (χ3v) is 4.14. The maximum atomic E-state index is 12.7. The van der Waals surface area contributed by atoms with Gasteiger partial charge in [-0.05, 0) is 48.6 Å². The van der Waals surface area contributed by atoms with Gasteiger partial charge in [0.1, 0.15) is 0 Å². The fourth-order valence-corrected chi connectivity index (χ4v) is 3.03. The zero-order valence-electron chi connectivity index (χ0n) is 15.5. The number of carbonyl (C=O) groups is 1. The smallest absolute Gasteiger partial charge is 0.422 e. The summed E-state index contributed by atoms with van der Waals surface area (Å²) in [6.07, 6.45) is -0.585. The molecular weight excluding hydrogens is 323 g/mol. The van der Waals surface area contributed by atoms with Gasteiger partial charge in [-0.25, -0.2) is 13.9 Å². The average Bonchev–Trinajstić information content (AvgIpc) is 2.30. The second-order valence-electron chi connectivity index (χ2n) is 7.04. The molecule has 0 aromatic carbocycles. The first kappa shape index (κ1) is 22.3. The van der Waals surface area contributed by atoms with Crippen molar-refractivity contribution in [3.8, 4) is 0 Å². The van der Waals surface area contributed by atoms with E-state index in [1.165, 1.54) is 4.90 Å². The first-order valence-corrected chi connectivity index (χ1v) is 8.93. The molecule has 0 heterocycles. The van der Waals surface area contributed by atoms with E-state index in [4.69, 9.17) is 18.3 Å². The Morgan fingerprint density at radius 3 is 1.96 bits per heavy atom. The molecule has 0 atom stereocenters. The molecule has 0 aromatic rings. The SMILES string of the molecule is CNCCN(C)C(=O)OCOP(=O)(OC(C)(C)C)OC(C)(C)C. The Labute approximate surface area is 139 Å². The van der Waals surface area contributed by atoms with Gasteiger partial charge in [-0.3, -0.25) is 9.05 Å². The van der Waals surface area contributed by atoms with Gasteiger partial charge in [-0.1, -0.05) is 0 Å². The summed E-state index contributed by atoms with van der Waals surface area (Å²) in [5.74, 6) is 0. The van der Waals surface area contributed by atoms with E-state index in [9.17, 15) is 9.36 Å². The van der Waals surface area contributed by atoms with Gasteiger partial charge in [-0.2, -0.15) is 0 Å². The average molecular weight is 354 g/mol. The van der Waals surface area contributed by atoms with Gasteiger partial charge in [-0.15, -0.1) is 0 Å². The molecule has 0 aliphatic rings. The van der Waals surface area contributed by atoms with Crippen LogP contribution in [-0.4, -0.2) is 56.2 Å². The van der Waals surface area contributed by atoms with Crippen molar-refractivity contribution < 1.29 is 27.7 Å². The first-order chi connectivity index (χ1) is 10.3. The molecule has 0 rings (SSSR count). The number of hydrogen-bond donors (Lipinski definition) is 1. The van der Waals surface area contributed by atoms with E-state index < -0.39 is 31.9 Å². The van der Waals surface area contributed by atoms with Crippen molar-refractivity contribution >= 4 is 13.9 Å². The van der Waals surface area contributed by atoms with Crippen LogP contribution >= 0.6 is 7.82 Å². The molecule has 8 nitrogen and oxygen atoms in total. The Bertz CT molecular complexity index is 396. The summed E-state index contributed by atoms with van der Waals surface area (Å²) in [5, 5.41) is 2.92. The number of phosphoric ester groups is 1. The maximum absolute atomic E-state index is 12.7. The number of carbonyl (C=O) groups excluding carboxylic acids is 1. The molecule has 0 aliphatic heterocycles. The molecule has 1 N–H and O–H groups in total. The minimum Gasteiger partial charge on any atom is -0.422 e. The van der Waals surface area contributed by atoms with Crippen molar-refractivity contribution in [3.63, 3.8) is 0 Å². The second-order valence-corrected chi connectivity index (χ2v) is 8.55. The monoisotopic (exact) mass is 354 g/mol. The highest BCUT2D eigenvalue weighted by Gasteiger charge is 2.37. The zero-order valence-corrected chi connectivity index (χ0v) is 16.4. The molecule has 0 fully saturated rings. The Kier molecular flexibility index (Phi) is 8.73. The van der Waals surface area contributed by atoms with Crippen molar-refractivity contribution in [2.75, 3.05) is 34.0 Å². The molecule has 0 bridgehead atoms. The second kappa shape index (κ2) is 8.99. The van der Waals surface area contributed by atoms with Crippen molar-refractivity contribution in [3.05, 3.63) is 0 Å². The Morgan fingerprint density at radius 1 is 1.09 bits per heavy atom. The third kappa shape index (κ3) is 11.5. The number of phosphoric acid groups is 1. The van der Waals surface area contributed by atoms with Crippen LogP contribution in [0.25, 0.3) is 0 Å². The fourth-order valence-electron chi connectivity index (χ4n) is 1.36. The highest BCUT2D eigenvalue weighted by Crippen LogP contribution is 2.55. The van der Waals surface area contributed by atoms with Crippen LogP contribution in [0.5, 0.6) is 0 Å². The summed E-state index contributed by atoms with van der Waals surface area (Å²) in [6, 6.07) is 0. The van der Waals surface area contributed by atoms with Crippen LogP contribution in [0, 0.1) is 0 Å². The molecule has 0 unspecified atom stereocenters. The van der Waals surface area contributed by atoms with Crippen LogP contribution in [0.1, 0.15) is 41.5 Å². The largest absolute Gasteiger partial charge is 0.478 e. The quantitative estimate of drug-likeness (QED) is 0.530. The van der Waals surface area contributed by atoms with Gasteiger partial charge >= 0.3 is 13.9 Å². The van der Waals surface area contributed by atoms with Gasteiger partial charge in [0.2, 0.25) is 6.79 Å². The number of amides is 1. The Morgan fingerprint density at radius 2 is 1.57 bits per heavy atom. The topological polar surface area (TPSA) is 86.3 Å². The summed E-state index contributed by atoms with van der Waals surface area (Å²) in [6.45, 7) is 11.0. The van der Waals surface area contributed by atoms with Crippen LogP contribution in [0.4, 0.5) is 4.79 Å². The molecule has 0 aliphatic carbocycles. The lowest BCUT2D eigenvalue weighted by Gasteiger charge is -2.30. The molecule has 0 saturated carbocycles. The molecule has 9 heteroatoms. The standard InChI is InChI=1S/C14H31N2O6P/c1-13(2,3)21-23(18,22-14(4,5)6)20-11-19-12(17)16(8)10-9-15-7/h15H,9-11H2,1-8H3. The van der Waals surface area contributed by atoms with Gasteiger partial charge in [0, 0.05) is 20.1 Å². The van der Waals surface area contributed by atoms with Gasteiger partial charge in [0.15, 0.2) is 0 Å². The number of hydrogen-bond acceptors (Lipinski definition) is 7. The van der Waals surface area contributed by atoms with Gasteiger partial charge in [0.05, 0.1) is 11.2 Å². The van der Waals surface area contributed by atoms with Crippen LogP contribution in [0.15, 0.2) is 0 Å². The van der Waals surface area contributed by atoms with Crippen LogP contribution in [-0.2, 0) is 22.9 Å². The molecule has 0 spiro atoms. The van der Waals surface area contributed by atoms with Gasteiger partial charge in [0.25, 0.3) is 0 Å². The normalized spacial score (nSPS) is 13.0. The van der Waals surface area contributed by atoms with Crippen LogP contribution in [0.2, 0.25) is 0 Å². The number of nitrogens with zero attached hydrogens (tertiary/aromatic N) is 1. The van der Waals surface area contributed by atoms with E-state index in [-0.39, 0.29) is 0 Å². The molecule has 0 radical (unpaired) electrons. The summed E-state index contributed by atoms with van der Waals surface area (Å²) in [4.78, 5) is 13.1. The summed E-state index contributed by atoms with van der Waals surface area (Å²) >= 11 is 0. The van der Waals surface area contributed by atoms with Crippen molar-refractivity contribution in [2.24, 2.45) is 0 Å². The Balaban J connectivity index is 4.62. The number of rotatable bonds is 8. The van der Waals surface area contributed by atoms with Crippen molar-refractivity contribution in [2.45, 2.75) is 52.7 Å². The summed E-state index contributed by atoms with van der Waals surface area (Å²) in [7, 11) is -0.500. The van der Waals surface area contributed by atoms with E-state index in [1.54, 1.807) is 55.6 Å². The van der Waals surface area contributed by atoms with E-state index >= 15 is 0 Å². The summed E-state index contributed by atoms with van der Waals surface area (Å²) < 4.78 is 33.6. The van der Waals surface area contributed by atoms with E-state index in [2.05, 4.69) is 5.32 Å². The third-order valence-electron chi connectivity index (χ3n) is 2.17. The highest BCUT2D eigenvalue weighted by atomic mass is 31.2. The van der Waals surface area contributed by atoms with Gasteiger partial charge < -0.3 is 15.0 Å². The number of likely N-dealkylation sites (N-methyl/N-ethyl adjacent to an activating group) is 2. The Hall–Kier alpha value is -0.660. The van der Waals surface area contributed by atoms with E-state index in [1.807, 2.05) is 0 Å². The number of ether oxygens (including phenoxy) is 1. The fraction of sp³-hybridized carbons (Fsp3) is 0.929. The van der Waals surface area contributed by atoms with Crippen LogP contribution in [0.3, 0.4) is 0 Å². The molecule has 0 saturated heterocycles. The first-order valence-electron chi connectivity index (χ1n) is 7.46. The maximum Gasteiger partial charge on any atom is 0.478 e. The van der Waals surface area contributed by atoms with Crippen LogP contribution < -0.4 is 5.32 Å². The predicted molar refractivity (Wildman–Crippen MR) is 88.3 cm³/mol. The molecular formula is C14H31N2O6P. The van der Waals surface area contributed by atoms with Crippen molar-refractivity contribution in [1.82, 2.24) is 10.2 Å². The molecule has 138 valence electrons. The molecule has 23 heavy (non-hydrogen) atoms.